The lowest BCUT2D eigenvalue weighted by Gasteiger charge is -2.31. The summed E-state index contributed by atoms with van der Waals surface area (Å²) in [4.78, 5) is 55.6. The van der Waals surface area contributed by atoms with E-state index >= 15 is 0 Å². The number of hydrogen-bond donors (Lipinski definition) is 1. The van der Waals surface area contributed by atoms with Gasteiger partial charge in [-0.25, -0.2) is 4.90 Å². The second kappa shape index (κ2) is 11.6. The van der Waals surface area contributed by atoms with Gasteiger partial charge < -0.3 is 5.32 Å². The molecule has 12 heteroatoms. The molecule has 0 bridgehead atoms. The van der Waals surface area contributed by atoms with Crippen LogP contribution in [-0.4, -0.2) is 27.5 Å². The Morgan fingerprint density at radius 1 is 0.891 bits per heavy atom. The number of hydrogen-bond acceptors (Lipinski definition) is 6. The van der Waals surface area contributed by atoms with Gasteiger partial charge in [-0.2, -0.15) is 13.2 Å². The number of benzene rings is 3. The van der Waals surface area contributed by atoms with Gasteiger partial charge in [0.2, 0.25) is 17.7 Å². The predicted molar refractivity (Wildman–Crippen MR) is 172 cm³/mol. The second-order valence-corrected chi connectivity index (χ2v) is 14.6. The van der Waals surface area contributed by atoms with Gasteiger partial charge in [-0.15, -0.1) is 0 Å². The molecule has 2 aliphatic rings. The highest BCUT2D eigenvalue weighted by molar-refractivity contribution is 8.00. The molecule has 7 nitrogen and oxygen atoms in total. The van der Waals surface area contributed by atoms with Gasteiger partial charge in [0.15, 0.2) is 0 Å². The molecule has 3 heterocycles. The van der Waals surface area contributed by atoms with E-state index in [1.807, 2.05) is 43.3 Å². The fourth-order valence-electron chi connectivity index (χ4n) is 5.93. The van der Waals surface area contributed by atoms with Gasteiger partial charge in [0.1, 0.15) is 11.8 Å². The second-order valence-electron chi connectivity index (χ2n) is 12.5. The van der Waals surface area contributed by atoms with Crippen LogP contribution in [0.3, 0.4) is 0 Å². The van der Waals surface area contributed by atoms with Gasteiger partial charge in [-0.3, -0.25) is 23.7 Å². The molecule has 1 fully saturated rings. The van der Waals surface area contributed by atoms with Crippen molar-refractivity contribution in [2.75, 3.05) is 10.2 Å². The summed E-state index contributed by atoms with van der Waals surface area (Å²) in [7, 11) is 0. The summed E-state index contributed by atoms with van der Waals surface area (Å²) in [6.07, 6.45) is -4.67. The fraction of sp³-hybridized carbons (Fsp3) is 0.294. The number of aromatic nitrogens is 1. The maximum Gasteiger partial charge on any atom is 0.416 e. The van der Waals surface area contributed by atoms with E-state index in [1.54, 1.807) is 12.1 Å². The molecule has 0 spiro atoms. The average molecular weight is 666 g/mol. The van der Waals surface area contributed by atoms with Crippen LogP contribution in [0.5, 0.6) is 0 Å². The molecular formula is C34H30F3N3O4S2. The number of amides is 3. The van der Waals surface area contributed by atoms with Gasteiger partial charge in [0.05, 0.1) is 22.2 Å². The molecule has 3 atom stereocenters. The van der Waals surface area contributed by atoms with E-state index in [4.69, 9.17) is 0 Å². The van der Waals surface area contributed by atoms with Crippen molar-refractivity contribution in [2.24, 2.45) is 5.92 Å². The lowest BCUT2D eigenvalue weighted by atomic mass is 9.81. The van der Waals surface area contributed by atoms with Gasteiger partial charge in [-0.05, 0) is 53.3 Å². The number of halogens is 3. The number of nitrogens with zero attached hydrogens (tertiary/aromatic N) is 2. The van der Waals surface area contributed by atoms with Crippen LogP contribution in [0.25, 0.3) is 0 Å². The van der Waals surface area contributed by atoms with Gasteiger partial charge in [-0.1, -0.05) is 92.4 Å². The Morgan fingerprint density at radius 2 is 1.59 bits per heavy atom. The van der Waals surface area contributed by atoms with Crippen molar-refractivity contribution in [3.8, 4) is 0 Å². The number of fused-ring (bicyclic) bond motifs is 2. The van der Waals surface area contributed by atoms with E-state index in [0.29, 0.717) is 21.2 Å². The summed E-state index contributed by atoms with van der Waals surface area (Å²) in [5, 5.41) is 2.20. The van der Waals surface area contributed by atoms with E-state index in [9.17, 15) is 32.3 Å². The number of alkyl halides is 3. The minimum atomic E-state index is -4.67. The lowest BCUT2D eigenvalue weighted by molar-refractivity contribution is -0.137. The van der Waals surface area contributed by atoms with Crippen molar-refractivity contribution in [3.63, 3.8) is 0 Å². The van der Waals surface area contributed by atoms with Crippen LogP contribution in [0.2, 0.25) is 0 Å². The topological polar surface area (TPSA) is 88.5 Å². The first-order chi connectivity index (χ1) is 21.6. The van der Waals surface area contributed by atoms with Crippen molar-refractivity contribution in [3.05, 3.63) is 110 Å². The van der Waals surface area contributed by atoms with Crippen LogP contribution in [0, 0.1) is 12.8 Å². The van der Waals surface area contributed by atoms with E-state index in [-0.39, 0.29) is 17.6 Å². The molecule has 1 aromatic heterocycles. The summed E-state index contributed by atoms with van der Waals surface area (Å²) in [5.41, 5.74) is 1.87. The number of anilines is 2. The Labute approximate surface area is 271 Å². The summed E-state index contributed by atoms with van der Waals surface area (Å²) in [6, 6.07) is 19.0. The van der Waals surface area contributed by atoms with Gasteiger partial charge >= 0.3 is 11.0 Å². The SMILES string of the molecule is Cc1ccccc1NC(=O)Cn1c2c(sc1=O)[C@@H](c1ccc(C(C)(C)C)cc1)[C@@H]1C(=O)N(c3cccc(C(F)(F)F)c3)C(=O)[C@@H]1S2. The standard InChI is InChI=1S/C34H30F3N3O4S2/c1-18-8-5-6-11-23(18)38-24(41)17-39-31-28(46-32(39)44)25(19-12-14-20(15-13-19)33(2,3)4)26-27(45-31)30(43)40(29(26)42)22-10-7-9-21(16-22)34(35,36)37/h5-16,25-27H,17H2,1-4H3,(H,38,41)/t25-,26-,27+/m0/s1. The lowest BCUT2D eigenvalue weighted by Crippen LogP contribution is -2.33. The van der Waals surface area contributed by atoms with Crippen molar-refractivity contribution in [1.82, 2.24) is 4.57 Å². The highest BCUT2D eigenvalue weighted by Gasteiger charge is 2.57. The number of imide groups is 1. The molecule has 4 aromatic rings. The van der Waals surface area contributed by atoms with E-state index in [0.717, 1.165) is 57.3 Å². The van der Waals surface area contributed by atoms with E-state index in [1.165, 1.54) is 10.6 Å². The third-order valence-electron chi connectivity index (χ3n) is 8.34. The summed E-state index contributed by atoms with van der Waals surface area (Å²) in [5.74, 6) is -3.46. The molecule has 3 aromatic carbocycles. The highest BCUT2D eigenvalue weighted by Crippen LogP contribution is 2.54. The third kappa shape index (κ3) is 5.68. The fourth-order valence-corrected chi connectivity index (χ4v) is 8.70. The normalized spacial score (nSPS) is 19.6. The minimum Gasteiger partial charge on any atom is -0.324 e. The maximum atomic E-state index is 14.1. The monoisotopic (exact) mass is 665 g/mol. The molecule has 46 heavy (non-hydrogen) atoms. The van der Waals surface area contributed by atoms with Gasteiger partial charge in [0.25, 0.3) is 0 Å². The number of carbonyl (C=O) groups excluding carboxylic acids is 3. The largest absolute Gasteiger partial charge is 0.416 e. The smallest absolute Gasteiger partial charge is 0.324 e. The van der Waals surface area contributed by atoms with Crippen molar-refractivity contribution >= 4 is 52.2 Å². The Kier molecular flexibility index (Phi) is 8.00. The molecule has 0 saturated carbocycles. The first-order valence-electron chi connectivity index (χ1n) is 14.6. The Bertz CT molecular complexity index is 1930. The first kappa shape index (κ1) is 31.8. The third-order valence-corrected chi connectivity index (χ3v) is 10.9. The molecular weight excluding hydrogens is 636 g/mol. The van der Waals surface area contributed by atoms with Crippen molar-refractivity contribution in [1.29, 1.82) is 0 Å². The van der Waals surface area contributed by atoms with E-state index in [2.05, 4.69) is 26.1 Å². The molecule has 6 rings (SSSR count). The van der Waals surface area contributed by atoms with Crippen molar-refractivity contribution in [2.45, 2.75) is 62.0 Å². The molecule has 0 aliphatic carbocycles. The predicted octanol–water partition coefficient (Wildman–Crippen LogP) is 6.97. The zero-order valence-electron chi connectivity index (χ0n) is 25.3. The Morgan fingerprint density at radius 3 is 2.24 bits per heavy atom. The summed E-state index contributed by atoms with van der Waals surface area (Å²) < 4.78 is 42.0. The summed E-state index contributed by atoms with van der Waals surface area (Å²) >= 11 is 1.92. The minimum absolute atomic E-state index is 0.160. The molecule has 0 unspecified atom stereocenters. The number of thiazole rings is 1. The van der Waals surface area contributed by atoms with Crippen LogP contribution in [-0.2, 0) is 32.5 Å². The zero-order chi connectivity index (χ0) is 33.1. The number of nitrogens with one attached hydrogen (secondary N) is 1. The summed E-state index contributed by atoms with van der Waals surface area (Å²) in [6.45, 7) is 7.71. The van der Waals surface area contributed by atoms with Gasteiger partial charge in [0, 0.05) is 16.5 Å². The number of rotatable bonds is 5. The molecule has 0 radical (unpaired) electrons. The average Bonchev–Trinajstić information content (AvgIpc) is 3.43. The zero-order valence-corrected chi connectivity index (χ0v) is 27.0. The van der Waals surface area contributed by atoms with Crippen LogP contribution in [0.4, 0.5) is 24.5 Å². The molecule has 1 N–H and O–H groups in total. The Hall–Kier alpha value is -4.16. The number of para-hydroxylation sites is 1. The molecule has 1 saturated heterocycles. The molecule has 2 aliphatic heterocycles. The van der Waals surface area contributed by atoms with Crippen LogP contribution in [0.1, 0.15) is 53.8 Å². The van der Waals surface area contributed by atoms with Crippen LogP contribution < -0.4 is 15.1 Å². The molecule has 238 valence electrons. The first-order valence-corrected chi connectivity index (χ1v) is 16.3. The van der Waals surface area contributed by atoms with Crippen molar-refractivity contribution < 1.29 is 27.6 Å². The number of carbonyl (C=O) groups is 3. The van der Waals surface area contributed by atoms with E-state index < -0.39 is 51.4 Å². The number of aryl methyl sites for hydroxylation is 1. The van der Waals surface area contributed by atoms with Crippen LogP contribution in [0.15, 0.2) is 82.6 Å². The maximum absolute atomic E-state index is 14.1. The van der Waals surface area contributed by atoms with Crippen LogP contribution >= 0.6 is 23.1 Å². The Balaban J connectivity index is 1.43. The quantitative estimate of drug-likeness (QED) is 0.233. The molecule has 3 amide bonds. The number of thioether (sulfide) groups is 1. The highest BCUT2D eigenvalue weighted by atomic mass is 32.2.